The van der Waals surface area contributed by atoms with Crippen molar-refractivity contribution in [1.29, 1.82) is 0 Å². The largest absolute Gasteiger partial charge is 0.480 e. The fraction of sp³-hybridized carbons (Fsp3) is 0.417. The Balaban J connectivity index is 3.45. The molecule has 0 bridgehead atoms. The molecule has 1 rings (SSSR count). The number of carbonyl (C=O) groups is 1. The topological polar surface area (TPSA) is 83.7 Å². The maximum atomic E-state index is 13.9. The molecule has 1 N–H and O–H groups in total. The molecule has 0 heterocycles. The molecule has 0 spiro atoms. The van der Waals surface area contributed by atoms with Crippen LogP contribution in [0.1, 0.15) is 20.8 Å². The Kier molecular flexibility index (Phi) is 4.08. The number of carboxylic acid groups (broad SMARTS) is 1. The highest BCUT2D eigenvalue weighted by Gasteiger charge is 2.32. The molecule has 0 unspecified atom stereocenters. The predicted octanol–water partition coefficient (Wildman–Crippen LogP) is 2.42. The number of benzene rings is 1. The van der Waals surface area contributed by atoms with Crippen molar-refractivity contribution in [3.8, 4) is 0 Å². The quantitative estimate of drug-likeness (QED) is 0.671. The molecule has 0 radical (unpaired) electrons. The average molecular weight is 270 g/mol. The van der Waals surface area contributed by atoms with E-state index >= 15 is 0 Å². The molecule has 1 aromatic carbocycles. The van der Waals surface area contributed by atoms with Gasteiger partial charge in [0.1, 0.15) is 6.54 Å². The summed E-state index contributed by atoms with van der Waals surface area (Å²) >= 11 is 0. The summed E-state index contributed by atoms with van der Waals surface area (Å²) in [5.74, 6) is -2.00. The SMILES string of the molecule is CC(C)(C)N(CC(=O)O)c1c(F)cccc1[N+](=O)[O-]. The van der Waals surface area contributed by atoms with Crippen LogP contribution in [0.15, 0.2) is 18.2 Å². The van der Waals surface area contributed by atoms with Crippen molar-refractivity contribution >= 4 is 17.3 Å². The van der Waals surface area contributed by atoms with Gasteiger partial charge in [-0.1, -0.05) is 6.07 Å². The van der Waals surface area contributed by atoms with Crippen molar-refractivity contribution in [2.75, 3.05) is 11.4 Å². The molecule has 0 aliphatic heterocycles. The summed E-state index contributed by atoms with van der Waals surface area (Å²) in [4.78, 5) is 22.3. The smallest absolute Gasteiger partial charge is 0.323 e. The number of nitrogens with zero attached hydrogens (tertiary/aromatic N) is 2. The summed E-state index contributed by atoms with van der Waals surface area (Å²) < 4.78 is 13.9. The van der Waals surface area contributed by atoms with Crippen LogP contribution in [-0.2, 0) is 4.79 Å². The Morgan fingerprint density at radius 3 is 2.47 bits per heavy atom. The lowest BCUT2D eigenvalue weighted by Crippen LogP contribution is -2.45. The molecule has 0 atom stereocenters. The molecule has 0 aliphatic rings. The zero-order chi connectivity index (χ0) is 14.8. The van der Waals surface area contributed by atoms with Crippen molar-refractivity contribution in [3.63, 3.8) is 0 Å². The second-order valence-corrected chi connectivity index (χ2v) is 5.02. The highest BCUT2D eigenvalue weighted by Crippen LogP contribution is 2.34. The summed E-state index contributed by atoms with van der Waals surface area (Å²) in [5.41, 5.74) is -1.52. The van der Waals surface area contributed by atoms with Gasteiger partial charge in [-0.25, -0.2) is 4.39 Å². The Hall–Kier alpha value is -2.18. The van der Waals surface area contributed by atoms with Gasteiger partial charge >= 0.3 is 5.97 Å². The third-order valence-corrected chi connectivity index (χ3v) is 2.54. The molecule has 0 saturated carbocycles. The van der Waals surface area contributed by atoms with Gasteiger partial charge in [-0.3, -0.25) is 14.9 Å². The van der Waals surface area contributed by atoms with E-state index in [0.717, 1.165) is 12.1 Å². The van der Waals surface area contributed by atoms with Crippen molar-refractivity contribution in [1.82, 2.24) is 0 Å². The second kappa shape index (κ2) is 5.21. The van der Waals surface area contributed by atoms with E-state index in [1.165, 1.54) is 11.0 Å². The van der Waals surface area contributed by atoms with Gasteiger partial charge in [0, 0.05) is 11.6 Å². The van der Waals surface area contributed by atoms with Crippen LogP contribution in [0.2, 0.25) is 0 Å². The molecule has 0 saturated heterocycles. The highest BCUT2D eigenvalue weighted by molar-refractivity contribution is 5.77. The molecule has 0 fully saturated rings. The fourth-order valence-electron chi connectivity index (χ4n) is 1.71. The van der Waals surface area contributed by atoms with E-state index < -0.39 is 34.5 Å². The Labute approximate surface area is 109 Å². The standard InChI is InChI=1S/C12H15FN2O4/c1-12(2,3)14(7-10(16)17)11-8(13)5-4-6-9(11)15(18)19/h4-6H,7H2,1-3H3,(H,16,17). The van der Waals surface area contributed by atoms with Crippen LogP contribution in [0.25, 0.3) is 0 Å². The lowest BCUT2D eigenvalue weighted by molar-refractivity contribution is -0.384. The zero-order valence-electron chi connectivity index (χ0n) is 10.9. The summed E-state index contributed by atoms with van der Waals surface area (Å²) in [5, 5.41) is 19.9. The lowest BCUT2D eigenvalue weighted by Gasteiger charge is -2.36. The number of para-hydroxylation sites is 1. The number of carboxylic acids is 1. The van der Waals surface area contributed by atoms with Gasteiger partial charge in [-0.2, -0.15) is 0 Å². The second-order valence-electron chi connectivity index (χ2n) is 5.02. The van der Waals surface area contributed by atoms with E-state index in [1.807, 2.05) is 0 Å². The third kappa shape index (κ3) is 3.40. The van der Waals surface area contributed by atoms with E-state index in [2.05, 4.69) is 0 Å². The molecule has 19 heavy (non-hydrogen) atoms. The molecule has 1 aromatic rings. The maximum Gasteiger partial charge on any atom is 0.323 e. The van der Waals surface area contributed by atoms with Gasteiger partial charge in [-0.15, -0.1) is 0 Å². The van der Waals surface area contributed by atoms with Crippen molar-refractivity contribution < 1.29 is 19.2 Å². The first-order valence-electron chi connectivity index (χ1n) is 5.57. The van der Waals surface area contributed by atoms with Crippen LogP contribution in [-0.4, -0.2) is 28.1 Å². The van der Waals surface area contributed by atoms with Crippen LogP contribution in [0.3, 0.4) is 0 Å². The van der Waals surface area contributed by atoms with Crippen LogP contribution in [0.4, 0.5) is 15.8 Å². The van der Waals surface area contributed by atoms with Crippen molar-refractivity contribution in [2.24, 2.45) is 0 Å². The maximum absolute atomic E-state index is 13.9. The van der Waals surface area contributed by atoms with E-state index in [0.29, 0.717) is 0 Å². The van der Waals surface area contributed by atoms with Crippen molar-refractivity contribution in [2.45, 2.75) is 26.3 Å². The minimum absolute atomic E-state index is 0.303. The number of anilines is 1. The van der Waals surface area contributed by atoms with Crippen LogP contribution >= 0.6 is 0 Å². The highest BCUT2D eigenvalue weighted by atomic mass is 19.1. The zero-order valence-corrected chi connectivity index (χ0v) is 10.9. The van der Waals surface area contributed by atoms with Gasteiger partial charge in [0.15, 0.2) is 11.5 Å². The van der Waals surface area contributed by atoms with Gasteiger partial charge in [0.2, 0.25) is 0 Å². The molecule has 0 aliphatic carbocycles. The number of nitro benzene ring substituents is 1. The number of nitro groups is 1. The number of hydrogen-bond donors (Lipinski definition) is 1. The molecule has 0 aromatic heterocycles. The lowest BCUT2D eigenvalue weighted by atomic mass is 10.0. The Morgan fingerprint density at radius 1 is 1.47 bits per heavy atom. The van der Waals surface area contributed by atoms with Crippen molar-refractivity contribution in [3.05, 3.63) is 34.1 Å². The first-order valence-corrected chi connectivity index (χ1v) is 5.57. The first-order chi connectivity index (χ1) is 8.64. The molecule has 7 heteroatoms. The van der Waals surface area contributed by atoms with E-state index in [1.54, 1.807) is 20.8 Å². The number of hydrogen-bond acceptors (Lipinski definition) is 4. The Morgan fingerprint density at radius 2 is 2.05 bits per heavy atom. The normalized spacial score (nSPS) is 11.2. The molecular formula is C12H15FN2O4. The summed E-state index contributed by atoms with van der Waals surface area (Å²) in [7, 11) is 0. The molecule has 0 amide bonds. The monoisotopic (exact) mass is 270 g/mol. The first kappa shape index (κ1) is 14.9. The molecule has 104 valence electrons. The summed E-state index contributed by atoms with van der Waals surface area (Å²) in [6, 6.07) is 3.44. The summed E-state index contributed by atoms with van der Waals surface area (Å²) in [6.45, 7) is 4.45. The predicted molar refractivity (Wildman–Crippen MR) is 67.8 cm³/mol. The summed E-state index contributed by atoms with van der Waals surface area (Å²) in [6.07, 6.45) is 0. The van der Waals surface area contributed by atoms with Crippen LogP contribution in [0.5, 0.6) is 0 Å². The Bertz CT molecular complexity index is 511. The minimum Gasteiger partial charge on any atom is -0.480 e. The number of rotatable bonds is 4. The number of aliphatic carboxylic acids is 1. The third-order valence-electron chi connectivity index (χ3n) is 2.54. The van der Waals surface area contributed by atoms with Gasteiger partial charge in [0.05, 0.1) is 4.92 Å². The number of halogens is 1. The van der Waals surface area contributed by atoms with Gasteiger partial charge in [-0.05, 0) is 26.8 Å². The minimum atomic E-state index is -1.19. The van der Waals surface area contributed by atoms with E-state index in [9.17, 15) is 19.3 Å². The average Bonchev–Trinajstić information content (AvgIpc) is 2.24. The fourth-order valence-corrected chi connectivity index (χ4v) is 1.71. The van der Waals surface area contributed by atoms with Gasteiger partial charge in [0.25, 0.3) is 5.69 Å². The van der Waals surface area contributed by atoms with E-state index in [-0.39, 0.29) is 5.69 Å². The molecular weight excluding hydrogens is 255 g/mol. The molecule has 6 nitrogen and oxygen atoms in total. The van der Waals surface area contributed by atoms with E-state index in [4.69, 9.17) is 5.11 Å². The van der Waals surface area contributed by atoms with Gasteiger partial charge < -0.3 is 10.0 Å². The van der Waals surface area contributed by atoms with Crippen LogP contribution < -0.4 is 4.90 Å². The van der Waals surface area contributed by atoms with Crippen LogP contribution in [0, 0.1) is 15.9 Å².